The van der Waals surface area contributed by atoms with Crippen LogP contribution in [0.15, 0.2) is 34.9 Å². The second kappa shape index (κ2) is 7.38. The highest BCUT2D eigenvalue weighted by molar-refractivity contribution is 9.10. The molecular formula is C17H19BrN2O3. The minimum Gasteiger partial charge on any atom is -0.480 e. The van der Waals surface area contributed by atoms with E-state index in [4.69, 9.17) is 4.74 Å². The third-order valence-corrected chi connectivity index (χ3v) is 4.63. The van der Waals surface area contributed by atoms with Crippen LogP contribution in [0.25, 0.3) is 10.9 Å². The van der Waals surface area contributed by atoms with Crippen molar-refractivity contribution in [3.63, 3.8) is 0 Å². The fraction of sp³-hybridized carbons (Fsp3) is 0.412. The van der Waals surface area contributed by atoms with Crippen molar-refractivity contribution in [1.29, 1.82) is 0 Å². The third kappa shape index (κ3) is 4.07. The molecule has 0 aliphatic carbocycles. The van der Waals surface area contributed by atoms with Gasteiger partial charge < -0.3 is 9.84 Å². The molecule has 1 aliphatic heterocycles. The second-order valence-electron chi connectivity index (χ2n) is 5.78. The van der Waals surface area contributed by atoms with E-state index in [0.717, 1.165) is 33.8 Å². The largest absolute Gasteiger partial charge is 0.480 e. The van der Waals surface area contributed by atoms with Crippen molar-refractivity contribution < 1.29 is 14.6 Å². The molecule has 0 spiro atoms. The molecular weight excluding hydrogens is 360 g/mol. The van der Waals surface area contributed by atoms with Crippen molar-refractivity contribution in [3.05, 3.63) is 40.5 Å². The van der Waals surface area contributed by atoms with Crippen LogP contribution in [0.1, 0.15) is 18.4 Å². The van der Waals surface area contributed by atoms with Crippen LogP contribution in [-0.2, 0) is 16.1 Å². The maximum atomic E-state index is 11.3. The molecule has 1 aliphatic rings. The summed E-state index contributed by atoms with van der Waals surface area (Å²) in [5.41, 5.74) is 1.97. The van der Waals surface area contributed by atoms with Gasteiger partial charge in [-0.15, -0.1) is 0 Å². The lowest BCUT2D eigenvalue weighted by molar-refractivity contribution is -0.139. The van der Waals surface area contributed by atoms with E-state index in [1.54, 1.807) is 6.20 Å². The van der Waals surface area contributed by atoms with Crippen LogP contribution < -0.4 is 0 Å². The number of ether oxygens (including phenoxy) is 1. The van der Waals surface area contributed by atoms with Gasteiger partial charge in [-0.05, 0) is 36.6 Å². The van der Waals surface area contributed by atoms with Gasteiger partial charge in [0.1, 0.15) is 0 Å². The SMILES string of the molecule is O=C(O)CN(Cc1cc(Br)cc2cccnc12)C1CCOCC1. The molecule has 1 saturated heterocycles. The first-order valence-corrected chi connectivity index (χ1v) is 8.49. The fourth-order valence-corrected chi connectivity index (χ4v) is 3.63. The monoisotopic (exact) mass is 378 g/mol. The van der Waals surface area contributed by atoms with Gasteiger partial charge in [-0.3, -0.25) is 14.7 Å². The number of hydrogen-bond donors (Lipinski definition) is 1. The zero-order valence-corrected chi connectivity index (χ0v) is 14.3. The Morgan fingerprint density at radius 1 is 1.39 bits per heavy atom. The molecule has 3 rings (SSSR count). The molecule has 5 nitrogen and oxygen atoms in total. The number of pyridine rings is 1. The van der Waals surface area contributed by atoms with Crippen molar-refractivity contribution in [2.45, 2.75) is 25.4 Å². The van der Waals surface area contributed by atoms with E-state index in [2.05, 4.69) is 20.9 Å². The summed E-state index contributed by atoms with van der Waals surface area (Å²) in [5.74, 6) is -0.802. The van der Waals surface area contributed by atoms with Crippen molar-refractivity contribution >= 4 is 32.8 Å². The lowest BCUT2D eigenvalue weighted by atomic mass is 10.0. The predicted octanol–water partition coefficient (Wildman–Crippen LogP) is 3.06. The lowest BCUT2D eigenvalue weighted by Gasteiger charge is -2.33. The molecule has 2 heterocycles. The van der Waals surface area contributed by atoms with Crippen LogP contribution in [0.2, 0.25) is 0 Å². The molecule has 0 unspecified atom stereocenters. The van der Waals surface area contributed by atoms with Gasteiger partial charge in [0.05, 0.1) is 12.1 Å². The van der Waals surface area contributed by atoms with Gasteiger partial charge in [0.15, 0.2) is 0 Å². The van der Waals surface area contributed by atoms with E-state index in [1.165, 1.54) is 0 Å². The Bertz CT molecular complexity index is 701. The highest BCUT2D eigenvalue weighted by atomic mass is 79.9. The van der Waals surface area contributed by atoms with E-state index in [0.29, 0.717) is 19.8 Å². The molecule has 0 saturated carbocycles. The first kappa shape index (κ1) is 16.4. The van der Waals surface area contributed by atoms with Crippen LogP contribution in [0.4, 0.5) is 0 Å². The molecule has 0 radical (unpaired) electrons. The fourth-order valence-electron chi connectivity index (χ4n) is 3.10. The lowest BCUT2D eigenvalue weighted by Crippen LogP contribution is -2.41. The topological polar surface area (TPSA) is 62.7 Å². The van der Waals surface area contributed by atoms with Crippen LogP contribution >= 0.6 is 15.9 Å². The van der Waals surface area contributed by atoms with Crippen LogP contribution in [-0.4, -0.2) is 46.8 Å². The van der Waals surface area contributed by atoms with Gasteiger partial charge in [-0.2, -0.15) is 0 Å². The predicted molar refractivity (Wildman–Crippen MR) is 91.3 cm³/mol. The highest BCUT2D eigenvalue weighted by Gasteiger charge is 2.24. The number of benzene rings is 1. The molecule has 122 valence electrons. The first-order chi connectivity index (χ1) is 11.1. The number of aromatic nitrogens is 1. The van der Waals surface area contributed by atoms with Crippen molar-refractivity contribution in [2.24, 2.45) is 0 Å². The molecule has 23 heavy (non-hydrogen) atoms. The van der Waals surface area contributed by atoms with E-state index in [1.807, 2.05) is 29.2 Å². The summed E-state index contributed by atoms with van der Waals surface area (Å²) in [4.78, 5) is 17.8. The maximum Gasteiger partial charge on any atom is 0.317 e. The number of fused-ring (bicyclic) bond motifs is 1. The molecule has 1 aromatic heterocycles. The molecule has 1 aromatic carbocycles. The number of halogens is 1. The highest BCUT2D eigenvalue weighted by Crippen LogP contribution is 2.25. The van der Waals surface area contributed by atoms with Crippen LogP contribution in [0, 0.1) is 0 Å². The number of carboxylic acids is 1. The summed E-state index contributed by atoms with van der Waals surface area (Å²) in [6, 6.07) is 8.22. The van der Waals surface area contributed by atoms with E-state index in [9.17, 15) is 9.90 Å². The Kier molecular flexibility index (Phi) is 5.25. The molecule has 2 aromatic rings. The van der Waals surface area contributed by atoms with Gasteiger partial charge in [-0.1, -0.05) is 22.0 Å². The minimum atomic E-state index is -0.802. The standard InChI is InChI=1S/C17H19BrN2O3/c18-14-8-12-2-1-5-19-17(12)13(9-14)10-20(11-16(21)22)15-3-6-23-7-4-15/h1-2,5,8-9,15H,3-4,6-7,10-11H2,(H,21,22). The zero-order chi connectivity index (χ0) is 16.2. The smallest absolute Gasteiger partial charge is 0.317 e. The number of carbonyl (C=O) groups is 1. The Morgan fingerprint density at radius 3 is 2.91 bits per heavy atom. The number of rotatable bonds is 5. The number of hydrogen-bond acceptors (Lipinski definition) is 4. The quantitative estimate of drug-likeness (QED) is 0.865. The Labute approximate surface area is 143 Å². The zero-order valence-electron chi connectivity index (χ0n) is 12.7. The summed E-state index contributed by atoms with van der Waals surface area (Å²) in [7, 11) is 0. The summed E-state index contributed by atoms with van der Waals surface area (Å²) in [6.07, 6.45) is 3.51. The summed E-state index contributed by atoms with van der Waals surface area (Å²) in [5, 5.41) is 10.3. The van der Waals surface area contributed by atoms with E-state index >= 15 is 0 Å². The van der Waals surface area contributed by atoms with Crippen molar-refractivity contribution in [2.75, 3.05) is 19.8 Å². The summed E-state index contributed by atoms with van der Waals surface area (Å²) >= 11 is 3.54. The molecule has 0 amide bonds. The van der Waals surface area contributed by atoms with Crippen LogP contribution in [0.5, 0.6) is 0 Å². The number of aliphatic carboxylic acids is 1. The van der Waals surface area contributed by atoms with Crippen LogP contribution in [0.3, 0.4) is 0 Å². The summed E-state index contributed by atoms with van der Waals surface area (Å²) in [6.45, 7) is 1.99. The Morgan fingerprint density at radius 2 is 2.17 bits per heavy atom. The minimum absolute atomic E-state index is 0.0332. The molecule has 1 N–H and O–H groups in total. The number of nitrogens with zero attached hydrogens (tertiary/aromatic N) is 2. The third-order valence-electron chi connectivity index (χ3n) is 4.17. The molecule has 6 heteroatoms. The first-order valence-electron chi connectivity index (χ1n) is 7.70. The average Bonchev–Trinajstić information content (AvgIpc) is 2.54. The van der Waals surface area contributed by atoms with Gasteiger partial charge in [-0.25, -0.2) is 0 Å². The van der Waals surface area contributed by atoms with Gasteiger partial charge >= 0.3 is 5.97 Å². The van der Waals surface area contributed by atoms with Gasteiger partial charge in [0, 0.05) is 41.9 Å². The van der Waals surface area contributed by atoms with Gasteiger partial charge in [0.25, 0.3) is 0 Å². The maximum absolute atomic E-state index is 11.3. The second-order valence-corrected chi connectivity index (χ2v) is 6.70. The molecule has 0 atom stereocenters. The van der Waals surface area contributed by atoms with E-state index < -0.39 is 5.97 Å². The van der Waals surface area contributed by atoms with Crippen molar-refractivity contribution in [1.82, 2.24) is 9.88 Å². The Balaban J connectivity index is 1.91. The molecule has 1 fully saturated rings. The Hall–Kier alpha value is -1.50. The van der Waals surface area contributed by atoms with Gasteiger partial charge in [0.2, 0.25) is 0 Å². The van der Waals surface area contributed by atoms with E-state index in [-0.39, 0.29) is 12.6 Å². The normalized spacial score (nSPS) is 16.1. The molecule has 0 bridgehead atoms. The average molecular weight is 379 g/mol. The summed E-state index contributed by atoms with van der Waals surface area (Å²) < 4.78 is 6.38. The van der Waals surface area contributed by atoms with Crippen molar-refractivity contribution in [3.8, 4) is 0 Å². The number of carboxylic acid groups (broad SMARTS) is 1.